The molecule has 0 saturated heterocycles. The Labute approximate surface area is 97.1 Å². The Balaban J connectivity index is 2.02. The van der Waals surface area contributed by atoms with Crippen LogP contribution in [0.5, 0.6) is 11.5 Å². The molecule has 4 heteroatoms. The molecule has 0 amide bonds. The van der Waals surface area contributed by atoms with Crippen LogP contribution in [0.1, 0.15) is 5.56 Å². The van der Waals surface area contributed by atoms with Crippen LogP contribution in [0.3, 0.4) is 0 Å². The van der Waals surface area contributed by atoms with Crippen molar-refractivity contribution in [3.05, 3.63) is 59.7 Å². The van der Waals surface area contributed by atoms with E-state index >= 15 is 0 Å². The average Bonchev–Trinajstić information content (AvgIpc) is 2.33. The first-order chi connectivity index (χ1) is 8.15. The molecule has 0 unspecified atom stereocenters. The van der Waals surface area contributed by atoms with E-state index in [0.717, 1.165) is 12.1 Å². The molecule has 1 N–H and O–H groups in total. The zero-order valence-electron chi connectivity index (χ0n) is 8.86. The summed E-state index contributed by atoms with van der Waals surface area (Å²) >= 11 is 0. The topological polar surface area (TPSA) is 29.5 Å². The SMILES string of the molecule is Oc1ccc(OCc2ccc(F)c(F)c2)cc1. The van der Waals surface area contributed by atoms with Crippen LogP contribution in [0.25, 0.3) is 0 Å². The molecule has 0 spiro atoms. The van der Waals surface area contributed by atoms with Gasteiger partial charge >= 0.3 is 0 Å². The second-order valence-electron chi connectivity index (χ2n) is 3.53. The Hall–Kier alpha value is -2.10. The number of rotatable bonds is 3. The minimum absolute atomic E-state index is 0.141. The van der Waals surface area contributed by atoms with E-state index in [2.05, 4.69) is 0 Å². The molecule has 88 valence electrons. The van der Waals surface area contributed by atoms with Crippen molar-refractivity contribution in [2.24, 2.45) is 0 Å². The molecule has 0 radical (unpaired) electrons. The van der Waals surface area contributed by atoms with E-state index < -0.39 is 11.6 Å². The molecule has 0 atom stereocenters. The summed E-state index contributed by atoms with van der Waals surface area (Å²) in [5, 5.41) is 9.06. The van der Waals surface area contributed by atoms with Crippen LogP contribution in [-0.2, 0) is 6.61 Å². The molecule has 0 fully saturated rings. The lowest BCUT2D eigenvalue weighted by atomic mass is 10.2. The number of benzene rings is 2. The number of aromatic hydroxyl groups is 1. The molecule has 0 bridgehead atoms. The van der Waals surface area contributed by atoms with Gasteiger partial charge in [-0.3, -0.25) is 0 Å². The molecule has 0 aliphatic carbocycles. The van der Waals surface area contributed by atoms with Gasteiger partial charge in [-0.2, -0.15) is 0 Å². The van der Waals surface area contributed by atoms with Gasteiger partial charge in [-0.1, -0.05) is 6.07 Å². The molecule has 0 aliphatic rings. The van der Waals surface area contributed by atoms with Crippen LogP contribution in [0.15, 0.2) is 42.5 Å². The minimum atomic E-state index is -0.892. The molecular formula is C13H10F2O2. The third-order valence-electron chi connectivity index (χ3n) is 2.23. The highest BCUT2D eigenvalue weighted by molar-refractivity contribution is 5.30. The lowest BCUT2D eigenvalue weighted by Gasteiger charge is -2.06. The zero-order valence-corrected chi connectivity index (χ0v) is 8.86. The fourth-order valence-electron chi connectivity index (χ4n) is 1.34. The number of phenols is 1. The van der Waals surface area contributed by atoms with Crippen LogP contribution in [0, 0.1) is 11.6 Å². The molecule has 0 saturated carbocycles. The summed E-state index contributed by atoms with van der Waals surface area (Å²) in [5.41, 5.74) is 0.539. The third-order valence-corrected chi connectivity index (χ3v) is 2.23. The number of hydrogen-bond donors (Lipinski definition) is 1. The monoisotopic (exact) mass is 236 g/mol. The van der Waals surface area contributed by atoms with E-state index in [-0.39, 0.29) is 12.4 Å². The van der Waals surface area contributed by atoms with Crippen molar-refractivity contribution in [2.45, 2.75) is 6.61 Å². The van der Waals surface area contributed by atoms with Gasteiger partial charge in [0.15, 0.2) is 11.6 Å². The van der Waals surface area contributed by atoms with E-state index in [4.69, 9.17) is 9.84 Å². The summed E-state index contributed by atoms with van der Waals surface area (Å²) in [6, 6.07) is 9.77. The molecule has 2 rings (SSSR count). The number of hydrogen-bond acceptors (Lipinski definition) is 2. The van der Waals surface area contributed by atoms with E-state index in [1.165, 1.54) is 18.2 Å². The van der Waals surface area contributed by atoms with Crippen LogP contribution >= 0.6 is 0 Å². The maximum atomic E-state index is 12.9. The van der Waals surface area contributed by atoms with Crippen molar-refractivity contribution < 1.29 is 18.6 Å². The summed E-state index contributed by atoms with van der Waals surface area (Å²) in [6.07, 6.45) is 0. The summed E-state index contributed by atoms with van der Waals surface area (Å²) in [4.78, 5) is 0. The van der Waals surface area contributed by atoms with E-state index in [1.54, 1.807) is 12.1 Å². The van der Waals surface area contributed by atoms with E-state index in [1.807, 2.05) is 0 Å². The number of ether oxygens (including phenoxy) is 1. The summed E-state index contributed by atoms with van der Waals surface area (Å²) in [6.45, 7) is 0.141. The van der Waals surface area contributed by atoms with Crippen LogP contribution in [0.4, 0.5) is 8.78 Å². The van der Waals surface area contributed by atoms with Crippen molar-refractivity contribution in [1.82, 2.24) is 0 Å². The van der Waals surface area contributed by atoms with Crippen molar-refractivity contribution in [3.8, 4) is 11.5 Å². The highest BCUT2D eigenvalue weighted by Gasteiger charge is 2.03. The second-order valence-corrected chi connectivity index (χ2v) is 3.53. The Kier molecular flexibility index (Phi) is 3.23. The summed E-state index contributed by atoms with van der Waals surface area (Å²) in [7, 11) is 0. The van der Waals surface area contributed by atoms with E-state index in [0.29, 0.717) is 11.3 Å². The first kappa shape index (κ1) is 11.4. The smallest absolute Gasteiger partial charge is 0.159 e. The van der Waals surface area contributed by atoms with Crippen molar-refractivity contribution in [2.75, 3.05) is 0 Å². The van der Waals surface area contributed by atoms with Gasteiger partial charge in [0, 0.05) is 0 Å². The van der Waals surface area contributed by atoms with Crippen molar-refractivity contribution >= 4 is 0 Å². The lowest BCUT2D eigenvalue weighted by Crippen LogP contribution is -1.96. The average molecular weight is 236 g/mol. The number of halogens is 2. The van der Waals surface area contributed by atoms with Crippen molar-refractivity contribution in [1.29, 1.82) is 0 Å². The van der Waals surface area contributed by atoms with Gasteiger partial charge in [-0.15, -0.1) is 0 Å². The fraction of sp³-hybridized carbons (Fsp3) is 0.0769. The normalized spacial score (nSPS) is 10.2. The third kappa shape index (κ3) is 2.93. The molecule has 17 heavy (non-hydrogen) atoms. The maximum Gasteiger partial charge on any atom is 0.159 e. The lowest BCUT2D eigenvalue weighted by molar-refractivity contribution is 0.304. The van der Waals surface area contributed by atoms with Gasteiger partial charge in [-0.05, 0) is 42.0 Å². The maximum absolute atomic E-state index is 12.9. The Morgan fingerprint density at radius 1 is 0.941 bits per heavy atom. The summed E-state index contributed by atoms with van der Waals surface area (Å²) in [5.74, 6) is -1.08. The first-order valence-corrected chi connectivity index (χ1v) is 5.01. The van der Waals surface area contributed by atoms with Gasteiger partial charge in [0.25, 0.3) is 0 Å². The molecule has 0 aromatic heterocycles. The molecule has 0 heterocycles. The number of phenolic OH excluding ortho intramolecular Hbond substituents is 1. The predicted octanol–water partition coefficient (Wildman–Crippen LogP) is 3.25. The quantitative estimate of drug-likeness (QED) is 0.886. The second kappa shape index (κ2) is 4.82. The first-order valence-electron chi connectivity index (χ1n) is 5.01. The highest BCUT2D eigenvalue weighted by atomic mass is 19.2. The van der Waals surface area contributed by atoms with Gasteiger partial charge in [0.1, 0.15) is 18.1 Å². The Bertz CT molecular complexity index is 509. The van der Waals surface area contributed by atoms with Gasteiger partial charge in [0.2, 0.25) is 0 Å². The highest BCUT2D eigenvalue weighted by Crippen LogP contribution is 2.17. The van der Waals surface area contributed by atoms with Crippen molar-refractivity contribution in [3.63, 3.8) is 0 Å². The standard InChI is InChI=1S/C13H10F2O2/c14-12-6-1-9(7-13(12)15)8-17-11-4-2-10(16)3-5-11/h1-7,16H,8H2. The van der Waals surface area contributed by atoms with Crippen LogP contribution in [0.2, 0.25) is 0 Å². The molecule has 2 nitrogen and oxygen atoms in total. The molecular weight excluding hydrogens is 226 g/mol. The zero-order chi connectivity index (χ0) is 12.3. The minimum Gasteiger partial charge on any atom is -0.508 e. The van der Waals surface area contributed by atoms with Gasteiger partial charge in [-0.25, -0.2) is 8.78 Å². The van der Waals surface area contributed by atoms with Gasteiger partial charge < -0.3 is 9.84 Å². The molecule has 2 aromatic rings. The Morgan fingerprint density at radius 2 is 1.65 bits per heavy atom. The van der Waals surface area contributed by atoms with Crippen LogP contribution in [-0.4, -0.2) is 5.11 Å². The Morgan fingerprint density at radius 3 is 2.29 bits per heavy atom. The fourth-order valence-corrected chi connectivity index (χ4v) is 1.34. The summed E-state index contributed by atoms with van der Waals surface area (Å²) < 4.78 is 30.9. The largest absolute Gasteiger partial charge is 0.508 e. The van der Waals surface area contributed by atoms with Crippen LogP contribution < -0.4 is 4.74 Å². The predicted molar refractivity (Wildman–Crippen MR) is 58.8 cm³/mol. The molecule has 2 aromatic carbocycles. The molecule has 0 aliphatic heterocycles. The van der Waals surface area contributed by atoms with Gasteiger partial charge in [0.05, 0.1) is 0 Å². The van der Waals surface area contributed by atoms with E-state index in [9.17, 15) is 8.78 Å².